The van der Waals surface area contributed by atoms with E-state index in [1.165, 1.54) is 22.3 Å². The molecule has 1 aliphatic rings. The standard InChI is InChI=1S/C48H33NO2/c1-2-11-31(12-3-1)32-23-25-33(26-24-32)34-13-8-14-35(29-34)38-17-9-21-45-47(38)48-42(19-10-22-46(48)51-45)49-41-18-6-4-15-37(41)36-27-28-44-40(30-36)39-16-5-7-20-43(39)50-44/h1-25,27-30,33,49H,26H2. The van der Waals surface area contributed by atoms with Crippen molar-refractivity contribution in [1.29, 1.82) is 0 Å². The molecule has 0 saturated heterocycles. The fraction of sp³-hybridized carbons (Fsp3) is 0.0417. The molecular weight excluding hydrogens is 623 g/mol. The summed E-state index contributed by atoms with van der Waals surface area (Å²) in [6.45, 7) is 0. The van der Waals surface area contributed by atoms with E-state index in [0.717, 1.165) is 78.4 Å². The van der Waals surface area contributed by atoms with Crippen molar-refractivity contribution in [2.75, 3.05) is 5.32 Å². The van der Waals surface area contributed by atoms with Gasteiger partial charge < -0.3 is 14.2 Å². The first kappa shape index (κ1) is 29.3. The SMILES string of the molecule is C1=CC(c2cccc(-c3cccc4oc5cccc(Nc6ccccc6-c6ccc7oc8ccccc8c7c6)c5c34)c2)CC=C1c1ccccc1. The molecule has 51 heavy (non-hydrogen) atoms. The van der Waals surface area contributed by atoms with Gasteiger partial charge in [-0.05, 0) is 82.3 Å². The van der Waals surface area contributed by atoms with Crippen molar-refractivity contribution in [1.82, 2.24) is 0 Å². The van der Waals surface area contributed by atoms with Crippen LogP contribution >= 0.6 is 0 Å². The third kappa shape index (κ3) is 5.14. The lowest BCUT2D eigenvalue weighted by atomic mass is 9.86. The number of fused-ring (bicyclic) bond motifs is 6. The molecule has 242 valence electrons. The summed E-state index contributed by atoms with van der Waals surface area (Å²) in [7, 11) is 0. The van der Waals surface area contributed by atoms with Gasteiger partial charge in [0, 0.05) is 33.3 Å². The van der Waals surface area contributed by atoms with E-state index in [0.29, 0.717) is 5.92 Å². The zero-order chi connectivity index (χ0) is 33.7. The second-order valence-electron chi connectivity index (χ2n) is 13.3. The van der Waals surface area contributed by atoms with Gasteiger partial charge in [0.05, 0.1) is 11.1 Å². The minimum atomic E-state index is 0.325. The maximum absolute atomic E-state index is 6.52. The molecule has 1 N–H and O–H groups in total. The van der Waals surface area contributed by atoms with Crippen molar-refractivity contribution in [2.45, 2.75) is 12.3 Å². The van der Waals surface area contributed by atoms with Gasteiger partial charge in [-0.2, -0.15) is 0 Å². The Morgan fingerprint density at radius 2 is 1.14 bits per heavy atom. The zero-order valence-corrected chi connectivity index (χ0v) is 27.8. The number of anilines is 2. The second-order valence-corrected chi connectivity index (χ2v) is 13.3. The van der Waals surface area contributed by atoms with Crippen LogP contribution in [-0.2, 0) is 0 Å². The molecule has 2 aromatic heterocycles. The van der Waals surface area contributed by atoms with Gasteiger partial charge in [0.1, 0.15) is 22.3 Å². The average molecular weight is 656 g/mol. The molecule has 0 amide bonds. The Bertz CT molecular complexity index is 2820. The Kier molecular flexibility index (Phi) is 6.95. The number of para-hydroxylation sites is 2. The molecule has 7 aromatic carbocycles. The van der Waals surface area contributed by atoms with Gasteiger partial charge >= 0.3 is 0 Å². The lowest BCUT2D eigenvalue weighted by Crippen LogP contribution is -1.99. The van der Waals surface area contributed by atoms with Crippen LogP contribution in [-0.4, -0.2) is 0 Å². The molecule has 0 bridgehead atoms. The van der Waals surface area contributed by atoms with Gasteiger partial charge in [0.2, 0.25) is 0 Å². The van der Waals surface area contributed by atoms with E-state index in [1.54, 1.807) is 0 Å². The van der Waals surface area contributed by atoms with Crippen molar-refractivity contribution < 1.29 is 8.83 Å². The Morgan fingerprint density at radius 1 is 0.471 bits per heavy atom. The zero-order valence-electron chi connectivity index (χ0n) is 27.8. The molecule has 0 radical (unpaired) electrons. The molecule has 1 atom stereocenters. The molecule has 10 rings (SSSR count). The van der Waals surface area contributed by atoms with Crippen LogP contribution in [0.15, 0.2) is 185 Å². The predicted molar refractivity (Wildman–Crippen MR) is 213 cm³/mol. The highest BCUT2D eigenvalue weighted by Crippen LogP contribution is 2.43. The molecular formula is C48H33NO2. The highest BCUT2D eigenvalue weighted by Gasteiger charge is 2.19. The average Bonchev–Trinajstić information content (AvgIpc) is 3.77. The van der Waals surface area contributed by atoms with Crippen molar-refractivity contribution in [2.24, 2.45) is 0 Å². The molecule has 9 aromatic rings. The van der Waals surface area contributed by atoms with Gasteiger partial charge in [-0.3, -0.25) is 0 Å². The third-order valence-electron chi connectivity index (χ3n) is 10.2. The molecule has 0 aliphatic heterocycles. The van der Waals surface area contributed by atoms with E-state index >= 15 is 0 Å². The van der Waals surface area contributed by atoms with Crippen LogP contribution in [0.4, 0.5) is 11.4 Å². The number of nitrogens with one attached hydrogen (secondary N) is 1. The van der Waals surface area contributed by atoms with Crippen LogP contribution < -0.4 is 5.32 Å². The summed E-state index contributed by atoms with van der Waals surface area (Å²) in [5.74, 6) is 0.325. The Balaban J connectivity index is 1.04. The summed E-state index contributed by atoms with van der Waals surface area (Å²) in [4.78, 5) is 0. The second kappa shape index (κ2) is 12.1. The number of hydrogen-bond donors (Lipinski definition) is 1. The maximum atomic E-state index is 6.52. The summed E-state index contributed by atoms with van der Waals surface area (Å²) in [5, 5.41) is 8.26. The molecule has 0 saturated carbocycles. The van der Waals surface area contributed by atoms with E-state index in [4.69, 9.17) is 8.83 Å². The first-order valence-corrected chi connectivity index (χ1v) is 17.5. The topological polar surface area (TPSA) is 38.3 Å². The minimum Gasteiger partial charge on any atom is -0.456 e. The lowest BCUT2D eigenvalue weighted by Gasteiger charge is -2.18. The van der Waals surface area contributed by atoms with Crippen molar-refractivity contribution in [3.05, 3.63) is 187 Å². The summed E-state index contributed by atoms with van der Waals surface area (Å²) in [5.41, 5.74) is 14.0. The van der Waals surface area contributed by atoms with Crippen LogP contribution in [0.25, 0.3) is 71.7 Å². The first-order chi connectivity index (χ1) is 25.3. The van der Waals surface area contributed by atoms with E-state index in [-0.39, 0.29) is 0 Å². The van der Waals surface area contributed by atoms with Gasteiger partial charge in [-0.15, -0.1) is 0 Å². The molecule has 0 spiro atoms. The number of allylic oxidation sites excluding steroid dienone is 4. The van der Waals surface area contributed by atoms with Crippen molar-refractivity contribution in [3.8, 4) is 22.3 Å². The predicted octanol–water partition coefficient (Wildman–Crippen LogP) is 13.7. The van der Waals surface area contributed by atoms with Gasteiger partial charge in [0.15, 0.2) is 0 Å². The molecule has 3 nitrogen and oxygen atoms in total. The quantitative estimate of drug-likeness (QED) is 0.194. The monoisotopic (exact) mass is 655 g/mol. The molecule has 1 unspecified atom stereocenters. The molecule has 1 aliphatic carbocycles. The van der Waals surface area contributed by atoms with E-state index in [1.807, 2.05) is 12.1 Å². The van der Waals surface area contributed by atoms with Gasteiger partial charge in [-0.1, -0.05) is 133 Å². The third-order valence-corrected chi connectivity index (χ3v) is 10.2. The fourth-order valence-corrected chi connectivity index (χ4v) is 7.74. The fourth-order valence-electron chi connectivity index (χ4n) is 7.74. The van der Waals surface area contributed by atoms with Crippen molar-refractivity contribution in [3.63, 3.8) is 0 Å². The first-order valence-electron chi connectivity index (χ1n) is 17.5. The largest absolute Gasteiger partial charge is 0.456 e. The van der Waals surface area contributed by atoms with Crippen LogP contribution in [0.5, 0.6) is 0 Å². The van der Waals surface area contributed by atoms with Crippen LogP contribution in [0.1, 0.15) is 23.5 Å². The van der Waals surface area contributed by atoms with Gasteiger partial charge in [-0.25, -0.2) is 0 Å². The van der Waals surface area contributed by atoms with Crippen LogP contribution in [0.2, 0.25) is 0 Å². The maximum Gasteiger partial charge on any atom is 0.137 e. The summed E-state index contributed by atoms with van der Waals surface area (Å²) in [6.07, 6.45) is 7.95. The Labute approximate surface area is 295 Å². The minimum absolute atomic E-state index is 0.325. The highest BCUT2D eigenvalue weighted by atomic mass is 16.3. The van der Waals surface area contributed by atoms with E-state index in [2.05, 4.69) is 169 Å². The number of benzene rings is 7. The normalized spacial score (nSPS) is 14.4. The summed E-state index contributed by atoms with van der Waals surface area (Å²) < 4.78 is 12.6. The van der Waals surface area contributed by atoms with Crippen LogP contribution in [0, 0.1) is 0 Å². The number of rotatable bonds is 6. The van der Waals surface area contributed by atoms with E-state index in [9.17, 15) is 0 Å². The highest BCUT2D eigenvalue weighted by molar-refractivity contribution is 6.18. The van der Waals surface area contributed by atoms with Crippen molar-refractivity contribution >= 4 is 60.8 Å². The number of furan rings is 2. The van der Waals surface area contributed by atoms with Crippen LogP contribution in [0.3, 0.4) is 0 Å². The van der Waals surface area contributed by atoms with Gasteiger partial charge in [0.25, 0.3) is 0 Å². The molecule has 0 fully saturated rings. The summed E-state index contributed by atoms with van der Waals surface area (Å²) >= 11 is 0. The van der Waals surface area contributed by atoms with E-state index < -0.39 is 0 Å². The smallest absolute Gasteiger partial charge is 0.137 e. The lowest BCUT2D eigenvalue weighted by molar-refractivity contribution is 0.668. The molecule has 2 heterocycles. The Morgan fingerprint density at radius 3 is 2.04 bits per heavy atom. The number of hydrogen-bond acceptors (Lipinski definition) is 3. The molecule has 3 heteroatoms. The Hall–Kier alpha value is -6.58. The summed E-state index contributed by atoms with van der Waals surface area (Å²) in [6, 6.07) is 55.5.